The predicted molar refractivity (Wildman–Crippen MR) is 123 cm³/mol. The largest absolute Gasteiger partial charge is 0.481 e. The van der Waals surface area contributed by atoms with E-state index in [0.29, 0.717) is 12.1 Å². The molecule has 0 spiro atoms. The lowest BCUT2D eigenvalue weighted by molar-refractivity contribution is -0.139. The van der Waals surface area contributed by atoms with Crippen LogP contribution in [0.15, 0.2) is 53.4 Å². The van der Waals surface area contributed by atoms with Crippen LogP contribution < -0.4 is 14.8 Å². The van der Waals surface area contributed by atoms with E-state index in [1.807, 2.05) is 6.92 Å². The van der Waals surface area contributed by atoms with E-state index < -0.39 is 40.5 Å². The number of carbonyl (C=O) groups excluding carboxylic acids is 1. The molecule has 2 rings (SSSR count). The highest BCUT2D eigenvalue weighted by molar-refractivity contribution is 7.89. The first kappa shape index (κ1) is 26.8. The summed E-state index contributed by atoms with van der Waals surface area (Å²) < 4.78 is 33.1. The number of hydrogen-bond donors (Lipinski definition) is 4. The van der Waals surface area contributed by atoms with Crippen LogP contribution >= 0.6 is 0 Å². The Morgan fingerprint density at radius 2 is 1.74 bits per heavy atom. The summed E-state index contributed by atoms with van der Waals surface area (Å²) in [5.41, 5.74) is 0.0521. The van der Waals surface area contributed by atoms with Crippen molar-refractivity contribution in [3.8, 4) is 5.75 Å². The van der Waals surface area contributed by atoms with Crippen molar-refractivity contribution >= 4 is 27.9 Å². The molecule has 184 valence electrons. The maximum atomic E-state index is 12.8. The Morgan fingerprint density at radius 3 is 2.35 bits per heavy atom. The SMILES string of the molecule is CCCCCNC(=O)[C@H](Cc1ccc(OCC(=O)O)c(C(=O)O)c1)NS(=O)(=O)c1ccccc1. The summed E-state index contributed by atoms with van der Waals surface area (Å²) in [5.74, 6) is -3.31. The minimum Gasteiger partial charge on any atom is -0.481 e. The number of hydrogen-bond acceptors (Lipinski definition) is 6. The molecule has 0 aliphatic rings. The zero-order valence-corrected chi connectivity index (χ0v) is 19.5. The van der Waals surface area contributed by atoms with E-state index in [-0.39, 0.29) is 22.6 Å². The molecule has 0 unspecified atom stereocenters. The van der Waals surface area contributed by atoms with E-state index in [2.05, 4.69) is 10.0 Å². The summed E-state index contributed by atoms with van der Waals surface area (Å²) in [6, 6.07) is 10.3. The molecule has 10 nitrogen and oxygen atoms in total. The number of amides is 1. The van der Waals surface area contributed by atoms with E-state index in [1.165, 1.54) is 30.3 Å². The number of ether oxygens (including phenoxy) is 1. The van der Waals surface area contributed by atoms with Crippen molar-refractivity contribution in [3.05, 3.63) is 59.7 Å². The van der Waals surface area contributed by atoms with Gasteiger partial charge in [-0.15, -0.1) is 0 Å². The van der Waals surface area contributed by atoms with Crippen molar-refractivity contribution < 1.29 is 37.8 Å². The van der Waals surface area contributed by atoms with E-state index in [0.717, 1.165) is 19.3 Å². The Hall–Kier alpha value is -3.44. The van der Waals surface area contributed by atoms with Gasteiger partial charge in [-0.25, -0.2) is 18.0 Å². The summed E-state index contributed by atoms with van der Waals surface area (Å²) in [7, 11) is -4.03. The van der Waals surface area contributed by atoms with Gasteiger partial charge in [0.15, 0.2) is 6.61 Å². The van der Waals surface area contributed by atoms with Crippen molar-refractivity contribution in [2.45, 2.75) is 43.5 Å². The van der Waals surface area contributed by atoms with Crippen LogP contribution in [0.3, 0.4) is 0 Å². The highest BCUT2D eigenvalue weighted by atomic mass is 32.2. The summed E-state index contributed by atoms with van der Waals surface area (Å²) in [6.07, 6.45) is 2.46. The van der Waals surface area contributed by atoms with Crippen LogP contribution in [-0.4, -0.2) is 55.7 Å². The third-order valence-electron chi connectivity index (χ3n) is 4.81. The first-order valence-corrected chi connectivity index (χ1v) is 12.2. The van der Waals surface area contributed by atoms with Crippen molar-refractivity contribution in [3.63, 3.8) is 0 Å². The number of rotatable bonds is 14. The topological polar surface area (TPSA) is 159 Å². The Morgan fingerprint density at radius 1 is 1.03 bits per heavy atom. The van der Waals surface area contributed by atoms with E-state index in [1.54, 1.807) is 18.2 Å². The van der Waals surface area contributed by atoms with Crippen molar-refractivity contribution in [1.29, 1.82) is 0 Å². The quantitative estimate of drug-likeness (QED) is 0.292. The molecule has 0 aliphatic heterocycles. The maximum Gasteiger partial charge on any atom is 0.341 e. The Bertz CT molecular complexity index is 1100. The van der Waals surface area contributed by atoms with E-state index >= 15 is 0 Å². The van der Waals surface area contributed by atoms with Crippen LogP contribution in [0.5, 0.6) is 5.75 Å². The lowest BCUT2D eigenvalue weighted by Gasteiger charge is -2.19. The molecule has 4 N–H and O–H groups in total. The molecule has 0 aromatic heterocycles. The number of unbranched alkanes of at least 4 members (excludes halogenated alkanes) is 2. The van der Waals surface area contributed by atoms with Gasteiger partial charge in [-0.05, 0) is 42.7 Å². The molecule has 11 heteroatoms. The summed E-state index contributed by atoms with van der Waals surface area (Å²) in [5, 5.41) is 21.0. The predicted octanol–water partition coefficient (Wildman–Crippen LogP) is 2.04. The van der Waals surface area contributed by atoms with Gasteiger partial charge in [-0.3, -0.25) is 4.79 Å². The number of carboxylic acids is 2. The number of carbonyl (C=O) groups is 3. The third-order valence-corrected chi connectivity index (χ3v) is 6.30. The van der Waals surface area contributed by atoms with Gasteiger partial charge in [-0.1, -0.05) is 44.0 Å². The van der Waals surface area contributed by atoms with Gasteiger partial charge in [0.2, 0.25) is 15.9 Å². The van der Waals surface area contributed by atoms with Gasteiger partial charge in [0.1, 0.15) is 17.4 Å². The minimum atomic E-state index is -4.03. The second-order valence-corrected chi connectivity index (χ2v) is 9.22. The fourth-order valence-corrected chi connectivity index (χ4v) is 4.34. The highest BCUT2D eigenvalue weighted by Gasteiger charge is 2.26. The van der Waals surface area contributed by atoms with Crippen LogP contribution in [0.2, 0.25) is 0 Å². The van der Waals surface area contributed by atoms with E-state index in [4.69, 9.17) is 9.84 Å². The molecular weight excluding hydrogens is 464 g/mol. The van der Waals surface area contributed by atoms with Gasteiger partial charge >= 0.3 is 11.9 Å². The number of carboxylic acid groups (broad SMARTS) is 2. The van der Waals surface area contributed by atoms with Crippen molar-refractivity contribution in [1.82, 2.24) is 10.0 Å². The first-order chi connectivity index (χ1) is 16.1. The van der Waals surface area contributed by atoms with Gasteiger partial charge < -0.3 is 20.3 Å². The van der Waals surface area contributed by atoms with Crippen LogP contribution in [-0.2, 0) is 26.0 Å². The molecule has 0 fully saturated rings. The molecule has 2 aromatic rings. The van der Waals surface area contributed by atoms with Crippen molar-refractivity contribution in [2.75, 3.05) is 13.2 Å². The lowest BCUT2D eigenvalue weighted by Crippen LogP contribution is -2.48. The average molecular weight is 493 g/mol. The van der Waals surface area contributed by atoms with Gasteiger partial charge in [0.25, 0.3) is 0 Å². The molecular formula is C23H28N2O8S. The zero-order chi connectivity index (χ0) is 25.1. The minimum absolute atomic E-state index is 0.0116. The van der Waals surface area contributed by atoms with Gasteiger partial charge in [0.05, 0.1) is 4.90 Å². The highest BCUT2D eigenvalue weighted by Crippen LogP contribution is 2.22. The molecule has 2 aromatic carbocycles. The number of benzene rings is 2. The molecule has 0 saturated carbocycles. The standard InChI is InChI=1S/C23H28N2O8S/c1-2-3-7-12-24-22(28)19(25-34(31,32)17-8-5-4-6-9-17)14-16-10-11-20(33-15-21(26)27)18(13-16)23(29)30/h4-6,8-11,13,19,25H,2-3,7,12,14-15H2,1H3,(H,24,28)(H,26,27)(H,29,30)/t19-/m0/s1. The molecule has 1 amide bonds. The zero-order valence-electron chi connectivity index (χ0n) is 18.7. The lowest BCUT2D eigenvalue weighted by atomic mass is 10.0. The summed E-state index contributed by atoms with van der Waals surface area (Å²) in [6.45, 7) is 1.67. The maximum absolute atomic E-state index is 12.8. The summed E-state index contributed by atoms with van der Waals surface area (Å²) in [4.78, 5) is 35.2. The van der Waals surface area contributed by atoms with E-state index in [9.17, 15) is 27.9 Å². The molecule has 34 heavy (non-hydrogen) atoms. The fourth-order valence-electron chi connectivity index (χ4n) is 3.12. The smallest absolute Gasteiger partial charge is 0.341 e. The number of aromatic carboxylic acids is 1. The molecule has 0 bridgehead atoms. The summed E-state index contributed by atoms with van der Waals surface area (Å²) >= 11 is 0. The Balaban J connectivity index is 2.29. The second-order valence-electron chi connectivity index (χ2n) is 7.51. The number of sulfonamides is 1. The average Bonchev–Trinajstić information content (AvgIpc) is 2.80. The normalized spacial score (nSPS) is 12.0. The van der Waals surface area contributed by atoms with Crippen LogP contribution in [0.1, 0.15) is 42.1 Å². The third kappa shape index (κ3) is 8.16. The van der Waals surface area contributed by atoms with Crippen molar-refractivity contribution in [2.24, 2.45) is 0 Å². The monoisotopic (exact) mass is 492 g/mol. The molecule has 0 radical (unpaired) electrons. The molecule has 0 heterocycles. The molecule has 1 atom stereocenters. The molecule has 0 aliphatic carbocycles. The van der Waals surface area contributed by atoms with Gasteiger partial charge in [0, 0.05) is 6.54 Å². The Labute approximate surface area is 198 Å². The number of aliphatic carboxylic acids is 1. The second kappa shape index (κ2) is 12.7. The fraction of sp³-hybridized carbons (Fsp3) is 0.348. The first-order valence-electron chi connectivity index (χ1n) is 10.7. The Kier molecular flexibility index (Phi) is 10.0. The van der Waals surface area contributed by atoms with Crippen LogP contribution in [0, 0.1) is 0 Å². The van der Waals surface area contributed by atoms with Crippen LogP contribution in [0.4, 0.5) is 0 Å². The molecule has 0 saturated heterocycles. The number of nitrogens with one attached hydrogen (secondary N) is 2. The van der Waals surface area contributed by atoms with Crippen LogP contribution in [0.25, 0.3) is 0 Å². The van der Waals surface area contributed by atoms with Gasteiger partial charge in [-0.2, -0.15) is 4.72 Å².